The van der Waals surface area contributed by atoms with Gasteiger partial charge in [0, 0.05) is 10.9 Å². The average molecular weight is 473 g/mol. The van der Waals surface area contributed by atoms with Crippen molar-refractivity contribution in [2.75, 3.05) is 6.54 Å². The standard InChI is InChI=1S/C24H20Cl3N3O/c25-18-9-7-17(8-10-18)23-19(16-4-2-1-3-5-16)14-30(29-23)24(31)22(28)13-15-6-11-20(26)21(27)12-15/h1-12,19,22H,13-14,28H2. The number of hydrogen-bond acceptors (Lipinski definition) is 3. The molecule has 2 atom stereocenters. The largest absolute Gasteiger partial charge is 0.320 e. The molecule has 3 aromatic rings. The van der Waals surface area contributed by atoms with E-state index in [1.807, 2.05) is 60.7 Å². The van der Waals surface area contributed by atoms with Crippen LogP contribution in [0.5, 0.6) is 0 Å². The lowest BCUT2D eigenvalue weighted by Crippen LogP contribution is -2.42. The summed E-state index contributed by atoms with van der Waals surface area (Å²) in [4.78, 5) is 13.1. The summed E-state index contributed by atoms with van der Waals surface area (Å²) in [5, 5.41) is 7.70. The highest BCUT2D eigenvalue weighted by Gasteiger charge is 2.34. The molecule has 0 bridgehead atoms. The van der Waals surface area contributed by atoms with Crippen molar-refractivity contribution in [3.63, 3.8) is 0 Å². The fourth-order valence-electron chi connectivity index (χ4n) is 3.67. The van der Waals surface area contributed by atoms with Crippen molar-refractivity contribution in [2.45, 2.75) is 18.4 Å². The zero-order valence-electron chi connectivity index (χ0n) is 16.5. The van der Waals surface area contributed by atoms with Gasteiger partial charge in [-0.05, 0) is 47.4 Å². The molecule has 3 aromatic carbocycles. The predicted molar refractivity (Wildman–Crippen MR) is 127 cm³/mol. The summed E-state index contributed by atoms with van der Waals surface area (Å²) in [5.41, 5.74) is 9.92. The van der Waals surface area contributed by atoms with E-state index in [4.69, 9.17) is 40.5 Å². The van der Waals surface area contributed by atoms with E-state index in [1.165, 1.54) is 5.01 Å². The SMILES string of the molecule is NC(Cc1ccc(Cl)c(Cl)c1)C(=O)N1CC(c2ccccc2)C(c2ccc(Cl)cc2)=N1. The van der Waals surface area contributed by atoms with E-state index in [-0.39, 0.29) is 11.8 Å². The number of halogens is 3. The van der Waals surface area contributed by atoms with Crippen LogP contribution in [0.3, 0.4) is 0 Å². The third-order valence-corrected chi connectivity index (χ3v) is 6.26. The van der Waals surface area contributed by atoms with Gasteiger partial charge in [0.25, 0.3) is 5.91 Å². The van der Waals surface area contributed by atoms with Crippen LogP contribution in [0.2, 0.25) is 15.1 Å². The summed E-state index contributed by atoms with van der Waals surface area (Å²) in [7, 11) is 0. The molecule has 0 aromatic heterocycles. The van der Waals surface area contributed by atoms with Crippen molar-refractivity contribution >= 4 is 46.4 Å². The summed E-state index contributed by atoms with van der Waals surface area (Å²) in [5.74, 6) is -0.292. The van der Waals surface area contributed by atoms with Gasteiger partial charge in [-0.3, -0.25) is 4.79 Å². The van der Waals surface area contributed by atoms with Gasteiger partial charge >= 0.3 is 0 Å². The smallest absolute Gasteiger partial charge is 0.259 e. The zero-order valence-corrected chi connectivity index (χ0v) is 18.8. The number of nitrogens with zero attached hydrogens (tertiary/aromatic N) is 2. The summed E-state index contributed by atoms with van der Waals surface area (Å²) in [6, 6.07) is 22.0. The normalized spacial score (nSPS) is 16.8. The minimum Gasteiger partial charge on any atom is -0.320 e. The molecule has 1 aliphatic rings. The Bertz CT molecular complexity index is 1120. The van der Waals surface area contributed by atoms with E-state index < -0.39 is 6.04 Å². The molecular formula is C24H20Cl3N3O. The van der Waals surface area contributed by atoms with Crippen LogP contribution < -0.4 is 5.73 Å². The molecule has 31 heavy (non-hydrogen) atoms. The Morgan fingerprint density at radius 3 is 2.39 bits per heavy atom. The Kier molecular flexibility index (Phi) is 6.63. The quantitative estimate of drug-likeness (QED) is 0.529. The predicted octanol–water partition coefficient (Wildman–Crippen LogP) is 5.55. The second-order valence-electron chi connectivity index (χ2n) is 7.43. The van der Waals surface area contributed by atoms with Gasteiger partial charge in [0.1, 0.15) is 0 Å². The highest BCUT2D eigenvalue weighted by atomic mass is 35.5. The molecule has 0 fully saturated rings. The number of nitrogens with two attached hydrogens (primary N) is 1. The molecule has 7 heteroatoms. The van der Waals surface area contributed by atoms with Gasteiger partial charge in [0.2, 0.25) is 0 Å². The Morgan fingerprint density at radius 1 is 1.00 bits per heavy atom. The summed E-state index contributed by atoms with van der Waals surface area (Å²) in [6.45, 7) is 0.426. The van der Waals surface area contributed by atoms with Gasteiger partial charge in [-0.1, -0.05) is 83.3 Å². The monoisotopic (exact) mass is 471 g/mol. The van der Waals surface area contributed by atoms with Crippen LogP contribution >= 0.6 is 34.8 Å². The van der Waals surface area contributed by atoms with E-state index in [2.05, 4.69) is 5.10 Å². The summed E-state index contributed by atoms with van der Waals surface area (Å²) in [6.07, 6.45) is 0.341. The molecule has 1 aliphatic heterocycles. The number of carbonyl (C=O) groups is 1. The van der Waals surface area contributed by atoms with Crippen LogP contribution in [-0.4, -0.2) is 29.2 Å². The molecule has 1 heterocycles. The van der Waals surface area contributed by atoms with Crippen LogP contribution in [0.15, 0.2) is 77.9 Å². The first-order valence-corrected chi connectivity index (χ1v) is 11.0. The fourth-order valence-corrected chi connectivity index (χ4v) is 4.11. The van der Waals surface area contributed by atoms with E-state index in [0.29, 0.717) is 28.0 Å². The van der Waals surface area contributed by atoms with Gasteiger partial charge in [0.15, 0.2) is 0 Å². The molecule has 0 spiro atoms. The number of hydrogen-bond donors (Lipinski definition) is 1. The molecule has 158 valence electrons. The van der Waals surface area contributed by atoms with Crippen LogP contribution in [0.1, 0.15) is 22.6 Å². The molecule has 2 unspecified atom stereocenters. The maximum absolute atomic E-state index is 13.1. The molecule has 1 amide bonds. The lowest BCUT2D eigenvalue weighted by Gasteiger charge is -2.19. The third-order valence-electron chi connectivity index (χ3n) is 5.27. The van der Waals surface area contributed by atoms with E-state index >= 15 is 0 Å². The second-order valence-corrected chi connectivity index (χ2v) is 8.69. The molecule has 0 saturated heterocycles. The molecule has 2 N–H and O–H groups in total. The van der Waals surface area contributed by atoms with Crippen LogP contribution in [0.25, 0.3) is 0 Å². The molecule has 0 saturated carbocycles. The topological polar surface area (TPSA) is 58.7 Å². The Balaban J connectivity index is 1.59. The van der Waals surface area contributed by atoms with Crippen molar-refractivity contribution in [1.82, 2.24) is 5.01 Å². The summed E-state index contributed by atoms with van der Waals surface area (Å²) >= 11 is 18.1. The molecule has 4 nitrogen and oxygen atoms in total. The minimum absolute atomic E-state index is 0.0523. The lowest BCUT2D eigenvalue weighted by molar-refractivity contribution is -0.132. The van der Waals surface area contributed by atoms with Gasteiger partial charge in [-0.2, -0.15) is 5.10 Å². The van der Waals surface area contributed by atoms with E-state index in [9.17, 15) is 4.79 Å². The molecule has 0 radical (unpaired) electrons. The Labute approximate surface area is 196 Å². The second kappa shape index (κ2) is 9.41. The maximum Gasteiger partial charge on any atom is 0.259 e. The van der Waals surface area contributed by atoms with E-state index in [0.717, 1.165) is 22.4 Å². The number of benzene rings is 3. The maximum atomic E-state index is 13.1. The molecular weight excluding hydrogens is 453 g/mol. The van der Waals surface area contributed by atoms with Gasteiger partial charge in [-0.15, -0.1) is 0 Å². The molecule has 0 aliphatic carbocycles. The number of carbonyl (C=O) groups excluding carboxylic acids is 1. The van der Waals surface area contributed by atoms with Gasteiger partial charge < -0.3 is 5.73 Å². The first-order valence-electron chi connectivity index (χ1n) is 9.82. The molecule has 4 rings (SSSR count). The highest BCUT2D eigenvalue weighted by Crippen LogP contribution is 2.30. The van der Waals surface area contributed by atoms with Crippen molar-refractivity contribution in [3.05, 3.63) is 105 Å². The van der Waals surface area contributed by atoms with Gasteiger partial charge in [-0.25, -0.2) is 5.01 Å². The Hall–Kier alpha value is -2.37. The van der Waals surface area contributed by atoms with Crippen molar-refractivity contribution in [2.24, 2.45) is 10.8 Å². The fraction of sp³-hybridized carbons (Fsp3) is 0.167. The van der Waals surface area contributed by atoms with Crippen LogP contribution in [-0.2, 0) is 11.2 Å². The number of amides is 1. The van der Waals surface area contributed by atoms with Crippen LogP contribution in [0.4, 0.5) is 0 Å². The average Bonchev–Trinajstić information content (AvgIpc) is 3.22. The van der Waals surface area contributed by atoms with Crippen LogP contribution in [0, 0.1) is 0 Å². The van der Waals surface area contributed by atoms with Gasteiger partial charge in [0.05, 0.1) is 28.3 Å². The van der Waals surface area contributed by atoms with Crippen molar-refractivity contribution < 1.29 is 4.79 Å². The minimum atomic E-state index is -0.748. The third kappa shape index (κ3) is 4.94. The lowest BCUT2D eigenvalue weighted by atomic mass is 9.90. The number of hydrazone groups is 1. The first kappa shape index (κ1) is 21.8. The van der Waals surface area contributed by atoms with E-state index in [1.54, 1.807) is 12.1 Å². The first-order chi connectivity index (χ1) is 14.9. The zero-order chi connectivity index (χ0) is 22.0. The van der Waals surface area contributed by atoms with Crippen molar-refractivity contribution in [3.8, 4) is 0 Å². The number of rotatable bonds is 5. The highest BCUT2D eigenvalue weighted by molar-refractivity contribution is 6.42. The Morgan fingerprint density at radius 2 is 1.71 bits per heavy atom. The van der Waals surface area contributed by atoms with Crippen molar-refractivity contribution in [1.29, 1.82) is 0 Å². The summed E-state index contributed by atoms with van der Waals surface area (Å²) < 4.78 is 0.